The van der Waals surface area contributed by atoms with Crippen LogP contribution in [0.4, 0.5) is 10.5 Å². The summed E-state index contributed by atoms with van der Waals surface area (Å²) in [6.07, 6.45) is -0.357. The Bertz CT molecular complexity index is 516. The lowest BCUT2D eigenvalue weighted by atomic mass is 10.2. The van der Waals surface area contributed by atoms with Crippen molar-refractivity contribution < 1.29 is 23.7 Å². The molecule has 0 aliphatic rings. The van der Waals surface area contributed by atoms with Gasteiger partial charge in [0.25, 0.3) is 0 Å². The summed E-state index contributed by atoms with van der Waals surface area (Å²) in [6.45, 7) is 8.19. The number of hydrogen-bond acceptors (Lipinski definition) is 6. The van der Waals surface area contributed by atoms with Crippen LogP contribution >= 0.6 is 0 Å². The number of rotatable bonds is 10. The molecule has 0 saturated heterocycles. The number of nitrogens with zero attached hydrogens (tertiary/aromatic N) is 1. The lowest BCUT2D eigenvalue weighted by Gasteiger charge is -2.24. The fourth-order valence-electron chi connectivity index (χ4n) is 1.78. The first-order chi connectivity index (χ1) is 11.8. The zero-order valence-electron chi connectivity index (χ0n) is 15.6. The van der Waals surface area contributed by atoms with Crippen molar-refractivity contribution in [3.8, 4) is 5.75 Å². The molecular formula is C18H30N2O5. The molecule has 7 heteroatoms. The van der Waals surface area contributed by atoms with E-state index in [9.17, 15) is 4.79 Å². The molecule has 0 aliphatic heterocycles. The largest absolute Gasteiger partial charge is 0.489 e. The number of hydrogen-bond donors (Lipinski definition) is 1. The summed E-state index contributed by atoms with van der Waals surface area (Å²) >= 11 is 0. The van der Waals surface area contributed by atoms with Gasteiger partial charge in [0, 0.05) is 13.6 Å². The molecule has 0 bridgehead atoms. The van der Waals surface area contributed by atoms with E-state index >= 15 is 0 Å². The van der Waals surface area contributed by atoms with Crippen LogP contribution in [0.3, 0.4) is 0 Å². The first kappa shape index (κ1) is 21.1. The Morgan fingerprint density at radius 2 is 1.64 bits per heavy atom. The minimum Gasteiger partial charge on any atom is -0.489 e. The maximum atomic E-state index is 11.7. The number of ether oxygens (including phenoxy) is 4. The Kier molecular flexibility index (Phi) is 9.08. The van der Waals surface area contributed by atoms with Gasteiger partial charge < -0.3 is 29.6 Å². The summed E-state index contributed by atoms with van der Waals surface area (Å²) < 4.78 is 21.6. The topological polar surface area (TPSA) is 83.3 Å². The van der Waals surface area contributed by atoms with Gasteiger partial charge in [-0.05, 0) is 32.9 Å². The summed E-state index contributed by atoms with van der Waals surface area (Å²) in [5.74, 6) is 0.660. The van der Waals surface area contributed by atoms with Crippen molar-refractivity contribution in [3.05, 3.63) is 24.3 Å². The molecule has 0 spiro atoms. The maximum Gasteiger partial charge on any atom is 0.410 e. The van der Waals surface area contributed by atoms with E-state index < -0.39 is 5.60 Å². The predicted molar refractivity (Wildman–Crippen MR) is 96.9 cm³/mol. The molecule has 1 rings (SSSR count). The Labute approximate surface area is 150 Å². The molecule has 0 fully saturated rings. The number of carbonyl (C=O) groups excluding carboxylic acids is 1. The van der Waals surface area contributed by atoms with E-state index in [0.717, 1.165) is 0 Å². The monoisotopic (exact) mass is 354 g/mol. The van der Waals surface area contributed by atoms with Crippen molar-refractivity contribution in [1.82, 2.24) is 4.90 Å². The van der Waals surface area contributed by atoms with Crippen LogP contribution in [0, 0.1) is 0 Å². The number of nitrogen functional groups attached to an aromatic ring is 1. The third-order valence-electron chi connectivity index (χ3n) is 3.05. The van der Waals surface area contributed by atoms with Gasteiger partial charge in [-0.1, -0.05) is 12.1 Å². The van der Waals surface area contributed by atoms with Crippen molar-refractivity contribution in [3.63, 3.8) is 0 Å². The third-order valence-corrected chi connectivity index (χ3v) is 3.05. The average molecular weight is 354 g/mol. The molecule has 0 aromatic heterocycles. The number of carbonyl (C=O) groups is 1. The van der Waals surface area contributed by atoms with Crippen LogP contribution in [0.15, 0.2) is 24.3 Å². The van der Waals surface area contributed by atoms with Crippen LogP contribution in [-0.2, 0) is 14.2 Å². The Balaban J connectivity index is 1.98. The van der Waals surface area contributed by atoms with Crippen molar-refractivity contribution >= 4 is 11.8 Å². The van der Waals surface area contributed by atoms with E-state index in [-0.39, 0.29) is 6.09 Å². The van der Waals surface area contributed by atoms with Gasteiger partial charge >= 0.3 is 6.09 Å². The van der Waals surface area contributed by atoms with Gasteiger partial charge in [-0.15, -0.1) is 0 Å². The molecule has 7 nitrogen and oxygen atoms in total. The molecule has 2 N–H and O–H groups in total. The molecule has 0 atom stereocenters. The number of para-hydroxylation sites is 2. The molecule has 0 heterocycles. The zero-order valence-corrected chi connectivity index (χ0v) is 15.6. The average Bonchev–Trinajstić information content (AvgIpc) is 2.53. The highest BCUT2D eigenvalue weighted by atomic mass is 16.6. The Morgan fingerprint density at radius 3 is 2.28 bits per heavy atom. The summed E-state index contributed by atoms with van der Waals surface area (Å²) in [5.41, 5.74) is 5.89. The van der Waals surface area contributed by atoms with Crippen molar-refractivity contribution in [1.29, 1.82) is 0 Å². The molecule has 1 aromatic rings. The van der Waals surface area contributed by atoms with Gasteiger partial charge in [0.1, 0.15) is 18.0 Å². The van der Waals surface area contributed by atoms with Gasteiger partial charge in [0.05, 0.1) is 32.1 Å². The SMILES string of the molecule is CN(CCOCCOCCOc1ccccc1N)C(=O)OC(C)(C)C. The Morgan fingerprint density at radius 1 is 1.04 bits per heavy atom. The highest BCUT2D eigenvalue weighted by molar-refractivity contribution is 5.67. The van der Waals surface area contributed by atoms with Crippen LogP contribution < -0.4 is 10.5 Å². The molecule has 25 heavy (non-hydrogen) atoms. The minimum absolute atomic E-state index is 0.357. The molecule has 1 amide bonds. The molecule has 1 aromatic carbocycles. The van der Waals surface area contributed by atoms with Crippen molar-refractivity contribution in [2.75, 3.05) is 52.4 Å². The van der Waals surface area contributed by atoms with E-state index in [1.54, 1.807) is 13.1 Å². The van der Waals surface area contributed by atoms with E-state index in [1.807, 2.05) is 39.0 Å². The number of nitrogens with two attached hydrogens (primary N) is 1. The highest BCUT2D eigenvalue weighted by Crippen LogP contribution is 2.19. The summed E-state index contributed by atoms with van der Waals surface area (Å²) in [7, 11) is 1.68. The second kappa shape index (κ2) is 10.8. The maximum absolute atomic E-state index is 11.7. The molecule has 0 radical (unpaired) electrons. The smallest absolute Gasteiger partial charge is 0.410 e. The molecule has 0 aliphatic carbocycles. The number of likely N-dealkylation sites (N-methyl/N-ethyl adjacent to an activating group) is 1. The lowest BCUT2D eigenvalue weighted by molar-refractivity contribution is 0.0134. The number of benzene rings is 1. The fraction of sp³-hybridized carbons (Fsp3) is 0.611. The van der Waals surface area contributed by atoms with Gasteiger partial charge in [-0.25, -0.2) is 4.79 Å². The molecule has 0 saturated carbocycles. The number of amides is 1. The van der Waals surface area contributed by atoms with Gasteiger partial charge in [0.2, 0.25) is 0 Å². The van der Waals surface area contributed by atoms with Gasteiger partial charge in [-0.2, -0.15) is 0 Å². The predicted octanol–water partition coefficient (Wildman–Crippen LogP) is 2.55. The van der Waals surface area contributed by atoms with Crippen LogP contribution in [0.5, 0.6) is 5.75 Å². The first-order valence-corrected chi connectivity index (χ1v) is 8.36. The van der Waals surface area contributed by atoms with Crippen molar-refractivity contribution in [2.45, 2.75) is 26.4 Å². The standard InChI is InChI=1S/C18H30N2O5/c1-18(2,3)25-17(21)20(4)9-10-22-11-12-23-13-14-24-16-8-6-5-7-15(16)19/h5-8H,9-14,19H2,1-4H3. The van der Waals surface area contributed by atoms with Gasteiger partial charge in [-0.3, -0.25) is 0 Å². The summed E-state index contributed by atoms with van der Waals surface area (Å²) in [6, 6.07) is 7.34. The van der Waals surface area contributed by atoms with Crippen LogP contribution in [-0.4, -0.2) is 63.2 Å². The van der Waals surface area contributed by atoms with E-state index in [2.05, 4.69) is 0 Å². The van der Waals surface area contributed by atoms with Crippen LogP contribution in [0.25, 0.3) is 0 Å². The molecule has 0 unspecified atom stereocenters. The normalized spacial score (nSPS) is 11.2. The summed E-state index contributed by atoms with van der Waals surface area (Å²) in [4.78, 5) is 13.2. The van der Waals surface area contributed by atoms with Crippen molar-refractivity contribution in [2.24, 2.45) is 0 Å². The summed E-state index contributed by atoms with van der Waals surface area (Å²) in [5, 5.41) is 0. The van der Waals surface area contributed by atoms with Crippen LogP contribution in [0.1, 0.15) is 20.8 Å². The minimum atomic E-state index is -0.494. The van der Waals surface area contributed by atoms with E-state index in [0.29, 0.717) is 51.0 Å². The fourth-order valence-corrected chi connectivity index (χ4v) is 1.78. The second-order valence-corrected chi connectivity index (χ2v) is 6.51. The first-order valence-electron chi connectivity index (χ1n) is 8.36. The Hall–Kier alpha value is -1.99. The van der Waals surface area contributed by atoms with E-state index in [1.165, 1.54) is 4.90 Å². The third kappa shape index (κ3) is 9.79. The van der Waals surface area contributed by atoms with Crippen LogP contribution in [0.2, 0.25) is 0 Å². The highest BCUT2D eigenvalue weighted by Gasteiger charge is 2.19. The number of anilines is 1. The quantitative estimate of drug-likeness (QED) is 0.513. The lowest BCUT2D eigenvalue weighted by Crippen LogP contribution is -2.36. The van der Waals surface area contributed by atoms with Gasteiger partial charge in [0.15, 0.2) is 0 Å². The molecular weight excluding hydrogens is 324 g/mol. The van der Waals surface area contributed by atoms with E-state index in [4.69, 9.17) is 24.7 Å². The zero-order chi connectivity index (χ0) is 18.7. The molecule has 142 valence electrons. The second-order valence-electron chi connectivity index (χ2n) is 6.51.